The van der Waals surface area contributed by atoms with Crippen LogP contribution in [0.3, 0.4) is 0 Å². The molecule has 1 saturated carbocycles. The van der Waals surface area contributed by atoms with Gasteiger partial charge >= 0.3 is 6.09 Å². The van der Waals surface area contributed by atoms with Crippen molar-refractivity contribution in [3.63, 3.8) is 0 Å². The molecule has 8 nitrogen and oxygen atoms in total. The van der Waals surface area contributed by atoms with Gasteiger partial charge in [0.05, 0.1) is 11.4 Å². The molecule has 2 N–H and O–H groups in total. The van der Waals surface area contributed by atoms with Crippen molar-refractivity contribution < 1.29 is 14.3 Å². The van der Waals surface area contributed by atoms with Crippen molar-refractivity contribution in [2.75, 3.05) is 18.4 Å². The first kappa shape index (κ1) is 20.1. The van der Waals surface area contributed by atoms with Crippen molar-refractivity contribution >= 4 is 28.7 Å². The highest BCUT2D eigenvalue weighted by atomic mass is 16.6. The van der Waals surface area contributed by atoms with Crippen molar-refractivity contribution in [3.05, 3.63) is 18.1 Å². The standard InChI is InChI=1S/C18H23N5O3.C2H6/c1-18(2,3)26-17(25)23-7-11(8-23)22-16-13-12(14(24)10-4-5-10)6-19-15(13)20-9-21-16;1-2/h6,9-11H,4-5,7-8H2,1-3H3,(H2,19,20,21,22);1-2H3. The van der Waals surface area contributed by atoms with Gasteiger partial charge in [-0.15, -0.1) is 0 Å². The normalized spacial score (nSPS) is 16.8. The minimum Gasteiger partial charge on any atom is -0.444 e. The van der Waals surface area contributed by atoms with Crippen LogP contribution in [0.25, 0.3) is 11.0 Å². The number of ether oxygens (including phenoxy) is 1. The van der Waals surface area contributed by atoms with E-state index in [4.69, 9.17) is 4.74 Å². The van der Waals surface area contributed by atoms with E-state index in [9.17, 15) is 9.59 Å². The number of ketones is 1. The van der Waals surface area contributed by atoms with E-state index < -0.39 is 5.60 Å². The second-order valence-electron chi connectivity index (χ2n) is 8.01. The summed E-state index contributed by atoms with van der Waals surface area (Å²) in [5.41, 5.74) is 0.793. The van der Waals surface area contributed by atoms with Gasteiger partial charge in [0, 0.05) is 30.8 Å². The highest BCUT2D eigenvalue weighted by Gasteiger charge is 2.35. The van der Waals surface area contributed by atoms with Gasteiger partial charge in [-0.2, -0.15) is 0 Å². The molecule has 0 bridgehead atoms. The molecule has 1 aliphatic carbocycles. The number of hydrogen-bond donors (Lipinski definition) is 2. The van der Waals surface area contributed by atoms with Crippen molar-refractivity contribution in [2.45, 2.75) is 59.1 Å². The Bertz CT molecular complexity index is 860. The van der Waals surface area contributed by atoms with Crippen LogP contribution in [0.1, 0.15) is 57.8 Å². The third-order valence-electron chi connectivity index (χ3n) is 4.56. The number of likely N-dealkylation sites (tertiary alicyclic amines) is 1. The van der Waals surface area contributed by atoms with E-state index >= 15 is 0 Å². The van der Waals surface area contributed by atoms with Crippen molar-refractivity contribution in [3.8, 4) is 0 Å². The first-order valence-electron chi connectivity index (χ1n) is 9.92. The van der Waals surface area contributed by atoms with Gasteiger partial charge in [-0.25, -0.2) is 14.8 Å². The van der Waals surface area contributed by atoms with Crippen LogP contribution in [0.5, 0.6) is 0 Å². The van der Waals surface area contributed by atoms with E-state index in [-0.39, 0.29) is 23.8 Å². The number of rotatable bonds is 4. The molecule has 28 heavy (non-hydrogen) atoms. The van der Waals surface area contributed by atoms with Crippen molar-refractivity contribution in [2.24, 2.45) is 5.92 Å². The molecule has 3 heterocycles. The molecular weight excluding hydrogens is 358 g/mol. The summed E-state index contributed by atoms with van der Waals surface area (Å²) in [5, 5.41) is 4.07. The number of hydrogen-bond acceptors (Lipinski definition) is 6. The number of carbonyl (C=O) groups excluding carboxylic acids is 2. The van der Waals surface area contributed by atoms with E-state index in [1.54, 1.807) is 11.1 Å². The number of Topliss-reactive ketones (excluding diaryl/α,β-unsaturated/α-hetero) is 1. The Morgan fingerprint density at radius 3 is 2.50 bits per heavy atom. The summed E-state index contributed by atoms with van der Waals surface area (Å²) in [4.78, 5) is 37.8. The number of aromatic amines is 1. The quantitative estimate of drug-likeness (QED) is 0.778. The van der Waals surface area contributed by atoms with Crippen molar-refractivity contribution in [1.82, 2.24) is 19.9 Å². The highest BCUT2D eigenvalue weighted by Crippen LogP contribution is 2.36. The van der Waals surface area contributed by atoms with Crippen LogP contribution >= 0.6 is 0 Å². The van der Waals surface area contributed by atoms with Crippen LogP contribution in [0.2, 0.25) is 0 Å². The molecule has 2 fully saturated rings. The predicted octanol–water partition coefficient (Wildman–Crippen LogP) is 3.61. The molecule has 152 valence electrons. The number of anilines is 1. The Balaban J connectivity index is 0.00000109. The number of H-pyrrole nitrogens is 1. The SMILES string of the molecule is CC.CC(C)(C)OC(=O)N1CC(Nc2ncnc3[nH]cc(C(=O)C4CC4)c23)C1. The molecule has 0 radical (unpaired) electrons. The molecule has 2 aliphatic rings. The number of nitrogens with one attached hydrogen (secondary N) is 2. The second kappa shape index (κ2) is 7.77. The molecule has 0 atom stereocenters. The summed E-state index contributed by atoms with van der Waals surface area (Å²) in [5.74, 6) is 0.917. The van der Waals surface area contributed by atoms with Gasteiger partial charge in [0.15, 0.2) is 5.78 Å². The van der Waals surface area contributed by atoms with Gasteiger partial charge in [-0.05, 0) is 33.6 Å². The molecule has 2 aromatic rings. The van der Waals surface area contributed by atoms with Gasteiger partial charge in [0.1, 0.15) is 23.4 Å². The average molecular weight is 387 g/mol. The lowest BCUT2D eigenvalue weighted by molar-refractivity contribution is 0.0105. The molecule has 0 unspecified atom stereocenters. The van der Waals surface area contributed by atoms with E-state index in [2.05, 4.69) is 20.3 Å². The third-order valence-corrected chi connectivity index (χ3v) is 4.56. The maximum absolute atomic E-state index is 12.5. The Kier molecular flexibility index (Phi) is 5.58. The zero-order chi connectivity index (χ0) is 20.5. The molecule has 2 aromatic heterocycles. The van der Waals surface area contributed by atoms with E-state index in [0.717, 1.165) is 18.2 Å². The zero-order valence-electron chi connectivity index (χ0n) is 17.2. The van der Waals surface area contributed by atoms with Crippen LogP contribution < -0.4 is 5.32 Å². The van der Waals surface area contributed by atoms with Gasteiger partial charge < -0.3 is 19.9 Å². The topological polar surface area (TPSA) is 100 Å². The molecule has 0 aromatic carbocycles. The largest absolute Gasteiger partial charge is 0.444 e. The number of nitrogens with zero attached hydrogens (tertiary/aromatic N) is 3. The summed E-state index contributed by atoms with van der Waals surface area (Å²) < 4.78 is 5.37. The first-order chi connectivity index (χ1) is 13.3. The van der Waals surface area contributed by atoms with E-state index in [1.807, 2.05) is 34.6 Å². The predicted molar refractivity (Wildman–Crippen MR) is 108 cm³/mol. The van der Waals surface area contributed by atoms with Gasteiger partial charge in [-0.3, -0.25) is 4.79 Å². The minimum absolute atomic E-state index is 0.0689. The Morgan fingerprint density at radius 1 is 1.21 bits per heavy atom. The molecular formula is C20H29N5O3. The molecule has 1 aliphatic heterocycles. The molecule has 4 rings (SSSR count). The fourth-order valence-electron chi connectivity index (χ4n) is 3.07. The lowest BCUT2D eigenvalue weighted by Crippen LogP contribution is -2.58. The Labute approximate surface area is 165 Å². The highest BCUT2D eigenvalue weighted by molar-refractivity contribution is 6.12. The second-order valence-corrected chi connectivity index (χ2v) is 8.01. The summed E-state index contributed by atoms with van der Waals surface area (Å²) in [7, 11) is 0. The van der Waals surface area contributed by atoms with Gasteiger partial charge in [0.25, 0.3) is 0 Å². The Hall–Kier alpha value is -2.64. The van der Waals surface area contributed by atoms with E-state index in [1.165, 1.54) is 6.33 Å². The number of carbonyl (C=O) groups is 2. The number of amides is 1. The minimum atomic E-state index is -0.502. The fourth-order valence-corrected chi connectivity index (χ4v) is 3.07. The van der Waals surface area contributed by atoms with Gasteiger partial charge in [0.2, 0.25) is 0 Å². The van der Waals surface area contributed by atoms with Crippen LogP contribution in [0.4, 0.5) is 10.6 Å². The monoisotopic (exact) mass is 387 g/mol. The maximum Gasteiger partial charge on any atom is 0.410 e. The van der Waals surface area contributed by atoms with Crippen LogP contribution in [-0.4, -0.2) is 56.5 Å². The molecule has 0 spiro atoms. The lowest BCUT2D eigenvalue weighted by atomic mass is 10.1. The molecule has 1 amide bonds. The van der Waals surface area contributed by atoms with Gasteiger partial charge in [-0.1, -0.05) is 13.8 Å². The van der Waals surface area contributed by atoms with E-state index in [0.29, 0.717) is 30.1 Å². The lowest BCUT2D eigenvalue weighted by Gasteiger charge is -2.40. The van der Waals surface area contributed by atoms with Crippen LogP contribution in [-0.2, 0) is 4.74 Å². The van der Waals surface area contributed by atoms with Crippen molar-refractivity contribution in [1.29, 1.82) is 0 Å². The first-order valence-corrected chi connectivity index (χ1v) is 9.92. The Morgan fingerprint density at radius 2 is 1.89 bits per heavy atom. The number of fused-ring (bicyclic) bond motifs is 1. The molecule has 1 saturated heterocycles. The zero-order valence-corrected chi connectivity index (χ0v) is 17.2. The van der Waals surface area contributed by atoms with Crippen LogP contribution in [0, 0.1) is 5.92 Å². The summed E-state index contributed by atoms with van der Waals surface area (Å²) >= 11 is 0. The maximum atomic E-state index is 12.5. The third kappa shape index (κ3) is 4.26. The molecule has 8 heteroatoms. The smallest absolute Gasteiger partial charge is 0.410 e. The summed E-state index contributed by atoms with van der Waals surface area (Å²) in [6, 6.07) is 0.0689. The summed E-state index contributed by atoms with van der Waals surface area (Å²) in [6.45, 7) is 10.6. The fraction of sp³-hybridized carbons (Fsp3) is 0.600. The average Bonchev–Trinajstić information content (AvgIpc) is 3.36. The number of aromatic nitrogens is 3. The van der Waals surface area contributed by atoms with Crippen LogP contribution in [0.15, 0.2) is 12.5 Å². The summed E-state index contributed by atoms with van der Waals surface area (Å²) in [6.07, 6.45) is 4.79.